The van der Waals surface area contributed by atoms with Crippen LogP contribution in [0.5, 0.6) is 0 Å². The van der Waals surface area contributed by atoms with Crippen LogP contribution in [0.1, 0.15) is 0 Å². The van der Waals surface area contributed by atoms with Crippen molar-refractivity contribution in [2.75, 3.05) is 0 Å². The molecule has 112 valence electrons. The first-order valence-electron chi connectivity index (χ1n) is 6.80. The normalized spacial score (nSPS) is 11.0. The molecule has 0 saturated carbocycles. The summed E-state index contributed by atoms with van der Waals surface area (Å²) in [5, 5.41) is 13.8. The lowest BCUT2D eigenvalue weighted by Gasteiger charge is -1.98. The van der Waals surface area contributed by atoms with Gasteiger partial charge >= 0.3 is 5.56 Å². The number of nitrogens with zero attached hydrogens (tertiary/aromatic N) is 4. The van der Waals surface area contributed by atoms with Gasteiger partial charge in [0.25, 0.3) is 0 Å². The Morgan fingerprint density at radius 2 is 1.74 bits per heavy atom. The van der Waals surface area contributed by atoms with Crippen molar-refractivity contribution in [3.63, 3.8) is 0 Å². The van der Waals surface area contributed by atoms with Crippen LogP contribution in [0.15, 0.2) is 59.4 Å². The zero-order valence-electron chi connectivity index (χ0n) is 11.7. The molecule has 4 rings (SSSR count). The summed E-state index contributed by atoms with van der Waals surface area (Å²) < 4.78 is 1.29. The summed E-state index contributed by atoms with van der Waals surface area (Å²) in [5.74, 6) is 0. The smallest absolute Gasteiger partial charge is 0.265 e. The fraction of sp³-hybridized carbons (Fsp3) is 0. The lowest BCUT2D eigenvalue weighted by Crippen LogP contribution is -2.19. The lowest BCUT2D eigenvalue weighted by molar-refractivity contribution is 0.862. The summed E-state index contributed by atoms with van der Waals surface area (Å²) in [4.78, 5) is 13.1. The van der Waals surface area contributed by atoms with Gasteiger partial charge in [-0.3, -0.25) is 4.79 Å². The Labute approximate surface area is 139 Å². The number of hydrogen-bond acceptors (Lipinski definition) is 5. The van der Waals surface area contributed by atoms with E-state index in [2.05, 4.69) is 15.3 Å². The number of hydrogen-bond donors (Lipinski definition) is 0. The quantitative estimate of drug-likeness (QED) is 0.560. The van der Waals surface area contributed by atoms with E-state index in [0.717, 1.165) is 11.1 Å². The second-order valence-electron chi connectivity index (χ2n) is 4.83. The minimum atomic E-state index is -0.286. The molecule has 0 bridgehead atoms. The van der Waals surface area contributed by atoms with Gasteiger partial charge in [0.2, 0.25) is 4.96 Å². The fourth-order valence-corrected chi connectivity index (χ4v) is 3.25. The molecule has 7 heteroatoms. The first-order valence-corrected chi connectivity index (χ1v) is 8.00. The molecule has 2 aromatic carbocycles. The number of fused-ring (bicyclic) bond motifs is 1. The van der Waals surface area contributed by atoms with Crippen LogP contribution >= 0.6 is 22.9 Å². The van der Waals surface area contributed by atoms with Crippen molar-refractivity contribution in [1.29, 1.82) is 0 Å². The van der Waals surface area contributed by atoms with Crippen LogP contribution in [0, 0.1) is 0 Å². The minimum Gasteiger partial charge on any atom is -0.265 e. The predicted molar refractivity (Wildman–Crippen MR) is 90.8 cm³/mol. The number of rotatable bonds is 2. The van der Waals surface area contributed by atoms with Gasteiger partial charge in [-0.2, -0.15) is 9.61 Å². The molecular formula is C16H9ClN4OS. The van der Waals surface area contributed by atoms with Crippen molar-refractivity contribution in [1.82, 2.24) is 19.8 Å². The first-order chi connectivity index (χ1) is 11.2. The van der Waals surface area contributed by atoms with Gasteiger partial charge in [-0.15, -0.1) is 10.2 Å². The van der Waals surface area contributed by atoms with Gasteiger partial charge in [0.1, 0.15) is 5.01 Å². The third-order valence-electron chi connectivity index (χ3n) is 3.31. The van der Waals surface area contributed by atoms with Crippen molar-refractivity contribution in [3.05, 3.63) is 70.0 Å². The van der Waals surface area contributed by atoms with Gasteiger partial charge < -0.3 is 0 Å². The molecule has 2 heterocycles. The van der Waals surface area contributed by atoms with Gasteiger partial charge in [0.05, 0.1) is 0 Å². The van der Waals surface area contributed by atoms with Crippen LogP contribution < -0.4 is 5.56 Å². The molecule has 23 heavy (non-hydrogen) atoms. The number of aromatic nitrogens is 4. The molecule has 0 unspecified atom stereocenters. The molecule has 0 fully saturated rings. The second kappa shape index (κ2) is 5.57. The predicted octanol–water partition coefficient (Wildman–Crippen LogP) is 3.53. The van der Waals surface area contributed by atoms with Crippen molar-refractivity contribution in [3.8, 4) is 21.8 Å². The highest BCUT2D eigenvalue weighted by Gasteiger charge is 2.14. The van der Waals surface area contributed by atoms with E-state index >= 15 is 0 Å². The molecule has 4 aromatic rings. The molecule has 0 aliphatic rings. The zero-order valence-corrected chi connectivity index (χ0v) is 13.3. The maximum Gasteiger partial charge on any atom is 0.302 e. The molecule has 5 nitrogen and oxygen atoms in total. The monoisotopic (exact) mass is 340 g/mol. The van der Waals surface area contributed by atoms with E-state index in [4.69, 9.17) is 11.6 Å². The van der Waals surface area contributed by atoms with Gasteiger partial charge in [0.15, 0.2) is 5.69 Å². The standard InChI is InChI=1S/C16H9ClN4OS/c17-12-8-4-7-11(9-12)14-20-21-15(22)13(18-19-16(21)23-14)10-5-2-1-3-6-10/h1-9H. The molecule has 0 saturated heterocycles. The molecule has 0 spiro atoms. The van der Waals surface area contributed by atoms with E-state index in [1.807, 2.05) is 42.5 Å². The van der Waals surface area contributed by atoms with Crippen LogP contribution in [-0.4, -0.2) is 19.8 Å². The summed E-state index contributed by atoms with van der Waals surface area (Å²) >= 11 is 7.31. The van der Waals surface area contributed by atoms with Gasteiger partial charge in [0, 0.05) is 16.1 Å². The van der Waals surface area contributed by atoms with Crippen molar-refractivity contribution < 1.29 is 0 Å². The molecule has 0 aliphatic carbocycles. The maximum absolute atomic E-state index is 12.6. The third-order valence-corrected chi connectivity index (χ3v) is 4.49. The molecule has 0 radical (unpaired) electrons. The largest absolute Gasteiger partial charge is 0.302 e. The highest BCUT2D eigenvalue weighted by molar-refractivity contribution is 7.19. The third kappa shape index (κ3) is 2.52. The summed E-state index contributed by atoms with van der Waals surface area (Å²) in [6.07, 6.45) is 0. The second-order valence-corrected chi connectivity index (χ2v) is 6.22. The minimum absolute atomic E-state index is 0.283. The highest BCUT2D eigenvalue weighted by Crippen LogP contribution is 2.26. The average molecular weight is 341 g/mol. The Bertz CT molecular complexity index is 1060. The number of benzene rings is 2. The molecule has 0 aliphatic heterocycles. The molecule has 0 amide bonds. The average Bonchev–Trinajstić information content (AvgIpc) is 3.01. The highest BCUT2D eigenvalue weighted by atomic mass is 35.5. The van der Waals surface area contributed by atoms with E-state index in [9.17, 15) is 4.79 Å². The van der Waals surface area contributed by atoms with Crippen molar-refractivity contribution in [2.45, 2.75) is 0 Å². The van der Waals surface area contributed by atoms with Gasteiger partial charge in [-0.25, -0.2) is 0 Å². The van der Waals surface area contributed by atoms with E-state index in [1.54, 1.807) is 12.1 Å². The van der Waals surface area contributed by atoms with E-state index in [1.165, 1.54) is 15.9 Å². The van der Waals surface area contributed by atoms with Gasteiger partial charge in [-0.05, 0) is 12.1 Å². The first kappa shape index (κ1) is 14.0. The Balaban J connectivity index is 1.90. The van der Waals surface area contributed by atoms with E-state index < -0.39 is 0 Å². The Kier molecular flexibility index (Phi) is 3.40. The van der Waals surface area contributed by atoms with Crippen LogP contribution in [0.2, 0.25) is 5.02 Å². The number of halogens is 1. The Hall–Kier alpha value is -2.57. The van der Waals surface area contributed by atoms with Crippen LogP contribution in [0.3, 0.4) is 0 Å². The molecule has 0 atom stereocenters. The summed E-state index contributed by atoms with van der Waals surface area (Å²) in [5.41, 5.74) is 1.56. The topological polar surface area (TPSA) is 60.2 Å². The summed E-state index contributed by atoms with van der Waals surface area (Å²) in [6.45, 7) is 0. The summed E-state index contributed by atoms with van der Waals surface area (Å²) in [6, 6.07) is 16.5. The van der Waals surface area contributed by atoms with Crippen LogP contribution in [0.4, 0.5) is 0 Å². The van der Waals surface area contributed by atoms with Crippen LogP contribution in [-0.2, 0) is 0 Å². The fourth-order valence-electron chi connectivity index (χ4n) is 2.23. The maximum atomic E-state index is 12.6. The molecule has 2 aromatic heterocycles. The zero-order chi connectivity index (χ0) is 15.8. The van der Waals surface area contributed by atoms with Crippen molar-refractivity contribution in [2.24, 2.45) is 0 Å². The van der Waals surface area contributed by atoms with Gasteiger partial charge in [-0.1, -0.05) is 65.4 Å². The Morgan fingerprint density at radius 3 is 2.52 bits per heavy atom. The van der Waals surface area contributed by atoms with Crippen LogP contribution in [0.25, 0.3) is 26.8 Å². The van der Waals surface area contributed by atoms with Crippen molar-refractivity contribution >= 4 is 27.9 Å². The lowest BCUT2D eigenvalue weighted by atomic mass is 10.2. The molecule has 0 N–H and O–H groups in total. The molecular weight excluding hydrogens is 332 g/mol. The summed E-state index contributed by atoms with van der Waals surface area (Å²) in [7, 11) is 0. The SMILES string of the molecule is O=c1c(-c2ccccc2)nnc2sc(-c3cccc(Cl)c3)nn12. The Morgan fingerprint density at radius 1 is 0.957 bits per heavy atom. The van der Waals surface area contributed by atoms with E-state index in [-0.39, 0.29) is 11.3 Å². The van der Waals surface area contributed by atoms with E-state index in [0.29, 0.717) is 15.0 Å².